The number of hydrogen-bond acceptors (Lipinski definition) is 17. The fourth-order valence-corrected chi connectivity index (χ4v) is 20.5. The molecule has 148 heavy (non-hydrogen) atoms. The molecular formula is C119H144F2N20O7. The molecule has 5 aliphatic rings. The molecule has 15 aromatic rings. The molecule has 0 radical (unpaired) electrons. The van der Waals surface area contributed by atoms with Gasteiger partial charge < -0.3 is 56.8 Å². The van der Waals surface area contributed by atoms with E-state index in [-0.39, 0.29) is 42.1 Å². The number of rotatable bonds is 36. The highest BCUT2D eigenvalue weighted by atomic mass is 19.1. The van der Waals surface area contributed by atoms with Gasteiger partial charge in [0.15, 0.2) is 39.7 Å². The normalized spacial score (nSPS) is 14.0. The maximum atomic E-state index is 14.2. The van der Waals surface area contributed by atoms with Crippen molar-refractivity contribution in [1.29, 1.82) is 0 Å². The zero-order valence-electron chi connectivity index (χ0n) is 88.2. The number of imidazole rings is 5. The topological polar surface area (TPSA) is 274 Å². The Kier molecular flexibility index (Phi) is 36.3. The van der Waals surface area contributed by atoms with Crippen LogP contribution in [0.25, 0.3) is 55.8 Å². The molecule has 0 atom stereocenters. The van der Waals surface area contributed by atoms with Crippen molar-refractivity contribution in [2.24, 2.45) is 17.8 Å². The summed E-state index contributed by atoms with van der Waals surface area (Å²) in [5, 5.41) is 0. The molecule has 29 heteroatoms. The van der Waals surface area contributed by atoms with E-state index in [1.807, 2.05) is 140 Å². The third-order valence-electron chi connectivity index (χ3n) is 28.6. The van der Waals surface area contributed by atoms with Crippen LogP contribution < -0.4 is 9.47 Å². The van der Waals surface area contributed by atoms with Crippen molar-refractivity contribution in [3.8, 4) is 11.5 Å². The van der Waals surface area contributed by atoms with E-state index in [0.29, 0.717) is 129 Å². The van der Waals surface area contributed by atoms with E-state index in [1.165, 1.54) is 69.6 Å². The quantitative estimate of drug-likeness (QED) is 0.0261. The highest BCUT2D eigenvalue weighted by Crippen LogP contribution is 2.40. The van der Waals surface area contributed by atoms with Crippen LogP contribution in [0, 0.1) is 64.0 Å². The number of ether oxygens (including phenoxy) is 2. The van der Waals surface area contributed by atoms with Crippen LogP contribution in [0.2, 0.25) is 0 Å². The summed E-state index contributed by atoms with van der Waals surface area (Å²) in [4.78, 5) is 123. The molecule has 4 fully saturated rings. The van der Waals surface area contributed by atoms with E-state index in [1.54, 1.807) is 83.9 Å². The number of carbonyl (C=O) groups excluding carboxylic acids is 5. The zero-order valence-corrected chi connectivity index (χ0v) is 88.2. The molecule has 1 aliphatic heterocycles. The molecule has 5 amide bonds. The third-order valence-corrected chi connectivity index (χ3v) is 28.6. The van der Waals surface area contributed by atoms with Gasteiger partial charge in [-0.25, -0.2) is 58.6 Å². The second-order valence-electron chi connectivity index (χ2n) is 41.2. The largest absolute Gasteiger partial charge is 0.454 e. The van der Waals surface area contributed by atoms with E-state index in [4.69, 9.17) is 34.4 Å². The number of unbranched alkanes of at least 4 members (excludes halogenated alkanes) is 3. The van der Waals surface area contributed by atoms with Crippen LogP contribution in [-0.2, 0) is 45.8 Å². The Morgan fingerprint density at radius 3 is 1.29 bits per heavy atom. The Bertz CT molecular complexity index is 7110. The lowest BCUT2D eigenvalue weighted by Crippen LogP contribution is -2.35. The minimum absolute atomic E-state index is 0.0860. The third kappa shape index (κ3) is 26.3. The summed E-state index contributed by atoms with van der Waals surface area (Å²) >= 11 is 0. The van der Waals surface area contributed by atoms with Gasteiger partial charge in [-0.15, -0.1) is 6.58 Å². The Morgan fingerprint density at radius 2 is 0.811 bits per heavy atom. The van der Waals surface area contributed by atoms with Gasteiger partial charge in [-0.05, 0) is 267 Å². The molecule has 10 aromatic heterocycles. The van der Waals surface area contributed by atoms with Crippen molar-refractivity contribution < 1.29 is 42.2 Å². The number of hydrogen-bond donors (Lipinski definition) is 0. The van der Waals surface area contributed by atoms with Gasteiger partial charge >= 0.3 is 0 Å². The first-order chi connectivity index (χ1) is 71.8. The molecule has 0 saturated heterocycles. The second-order valence-corrected chi connectivity index (χ2v) is 41.2. The van der Waals surface area contributed by atoms with Crippen molar-refractivity contribution in [2.75, 3.05) is 39.5 Å². The maximum absolute atomic E-state index is 14.2. The highest BCUT2D eigenvalue weighted by molar-refractivity contribution is 5.98. The van der Waals surface area contributed by atoms with Gasteiger partial charge in [-0.1, -0.05) is 160 Å². The first-order valence-corrected chi connectivity index (χ1v) is 53.5. The fourth-order valence-electron chi connectivity index (χ4n) is 20.5. The van der Waals surface area contributed by atoms with Crippen molar-refractivity contribution >= 4 is 85.4 Å². The monoisotopic (exact) mass is 2000 g/mol. The molecule has 0 spiro atoms. The summed E-state index contributed by atoms with van der Waals surface area (Å²) < 4.78 is 49.6. The summed E-state index contributed by atoms with van der Waals surface area (Å²) in [7, 11) is 0. The maximum Gasteiger partial charge on any atom is 0.254 e. The van der Waals surface area contributed by atoms with E-state index in [2.05, 4.69) is 115 Å². The van der Waals surface area contributed by atoms with Crippen LogP contribution in [-0.4, -0.2) is 166 Å². The predicted octanol–water partition coefficient (Wildman–Crippen LogP) is 25.0. The summed E-state index contributed by atoms with van der Waals surface area (Å²) in [6, 6.07) is 48.8. The summed E-state index contributed by atoms with van der Waals surface area (Å²) in [6.07, 6.45) is 34.4. The lowest BCUT2D eigenvalue weighted by molar-refractivity contribution is 0.0710. The van der Waals surface area contributed by atoms with Gasteiger partial charge in [0.05, 0.1) is 32.7 Å². The van der Waals surface area contributed by atoms with E-state index >= 15 is 0 Å². The molecule has 20 rings (SSSR count). The molecule has 27 nitrogen and oxygen atoms in total. The fraction of sp³-hybridized carbons (Fsp3) is 0.437. The SMILES string of the molecule is C=CCN(Cc1nc2cccnc2n1CC1CC1)C(=O)c1ccc2c(c1)OCO2.CCCCCN(Cc1nc2cccnc2n1C1CCCC1)C(=O)c1cc(C)ccc1C.CCCCN(Cc1nc2cccnc2n1CCC)C(=O)c1cccc(F)c1.Cc1ccc(C(=O)N(CCC(C)C)Cc2nc3cccnc3n2C2CCCC2)cc1F.Cc1ccc(C)c(C(=O)N(Cc2nc3cccnc3n2C2CCCC2)CC(C)C)c1. The van der Waals surface area contributed by atoms with Gasteiger partial charge in [0.25, 0.3) is 29.5 Å². The van der Waals surface area contributed by atoms with Crippen LogP contribution in [0.5, 0.6) is 11.5 Å². The van der Waals surface area contributed by atoms with Crippen LogP contribution in [0.1, 0.15) is 310 Å². The number of fused-ring (bicyclic) bond motifs is 6. The van der Waals surface area contributed by atoms with Crippen LogP contribution in [0.3, 0.4) is 0 Å². The predicted molar refractivity (Wildman–Crippen MR) is 578 cm³/mol. The van der Waals surface area contributed by atoms with Gasteiger partial charge in [0, 0.05) is 123 Å². The zero-order chi connectivity index (χ0) is 104. The number of carbonyl (C=O) groups is 5. The number of halogens is 2. The van der Waals surface area contributed by atoms with Crippen LogP contribution in [0.15, 0.2) is 201 Å². The lowest BCUT2D eigenvalue weighted by Gasteiger charge is -2.26. The Morgan fingerprint density at radius 1 is 0.399 bits per heavy atom. The first kappa shape index (κ1) is 107. The molecule has 776 valence electrons. The number of pyridine rings is 5. The van der Waals surface area contributed by atoms with Gasteiger partial charge in [-0.2, -0.15) is 0 Å². The van der Waals surface area contributed by atoms with Crippen molar-refractivity contribution in [3.63, 3.8) is 0 Å². The molecule has 4 saturated carbocycles. The molecule has 0 N–H and O–H groups in total. The van der Waals surface area contributed by atoms with Crippen molar-refractivity contribution in [3.05, 3.63) is 298 Å². The second kappa shape index (κ2) is 50.4. The van der Waals surface area contributed by atoms with E-state index in [0.717, 1.165) is 221 Å². The average molecular weight is 2000 g/mol. The van der Waals surface area contributed by atoms with Gasteiger partial charge in [-0.3, -0.25) is 24.0 Å². The molecule has 11 heterocycles. The van der Waals surface area contributed by atoms with Gasteiger partial charge in [0.1, 0.15) is 68.3 Å². The number of amides is 5. The number of nitrogens with zero attached hydrogens (tertiary/aromatic N) is 20. The Balaban J connectivity index is 0.000000132. The molecule has 0 bridgehead atoms. The standard InChI is InChI=1S/C26H34N4O.C25H31FN4O.C25H32N4O.C22H22N4O3.C21H25FN4O/c1-4-5-8-16-29(26(31)22-17-19(2)13-14-20(22)3)18-24-28-23-12-9-15-27-25(23)30(24)21-10-6-7-11-21;1-17(2)12-14-29(25(31)19-11-10-18(3)21(26)15-19)16-23-28-22-9-6-13-27-24(22)30(23)20-7-4-5-8-20;1-17(2)15-28(25(30)21-14-18(3)11-12-19(21)4)16-23-27-22-10-7-13-26-24(22)29(23)20-8-5-6-9-20;1-2-10-25(22(27)16-7-8-18-19(11-16)29-14-28-18)13-20-24-17-4-3-9-23-21(17)26(20)12-15-5-6-15;1-3-5-13-25(21(27)16-8-6-9-17(22)14-16)15-19-24-18-10-7-11-23-20(18)26(19)12-4-2/h9,12-15,17,21H,4-8,10-11,16,18H2,1-3H3;6,9-11,13,15,17,20H,4-5,7-8,12,14,16H2,1-3H3;7,10-14,17,20H,5-6,8-9,15-16H2,1-4H3;2-4,7-9,11,15H,1,5-6,10,12-14H2;6-11,14H,3-5,12-13,15H2,1-2H3. The highest BCUT2D eigenvalue weighted by Gasteiger charge is 2.34. The van der Waals surface area contributed by atoms with Crippen LogP contribution in [0.4, 0.5) is 8.78 Å². The first-order valence-electron chi connectivity index (χ1n) is 53.5. The van der Waals surface area contributed by atoms with Crippen molar-refractivity contribution in [1.82, 2.24) is 97.2 Å². The minimum atomic E-state index is -0.404. The van der Waals surface area contributed by atoms with E-state index in [9.17, 15) is 32.8 Å². The molecule has 0 unspecified atom stereocenters. The number of benzene rings is 5. The summed E-state index contributed by atoms with van der Waals surface area (Å²) in [5.74, 6) is 6.23. The Labute approximate surface area is 868 Å². The van der Waals surface area contributed by atoms with E-state index < -0.39 is 5.82 Å². The average Bonchev–Trinajstić information content (AvgIpc) is 1.62. The summed E-state index contributed by atoms with van der Waals surface area (Å²) in [5.41, 5.74) is 16.6. The van der Waals surface area contributed by atoms with Gasteiger partial charge in [0.2, 0.25) is 6.79 Å². The minimum Gasteiger partial charge on any atom is -0.454 e. The number of aryl methyl sites for hydroxylation is 6. The summed E-state index contributed by atoms with van der Waals surface area (Å²) in [6.45, 7) is 35.8. The Hall–Kier alpha value is -14.3. The van der Waals surface area contributed by atoms with Crippen LogP contribution >= 0.6 is 0 Å². The van der Waals surface area contributed by atoms with Crippen molar-refractivity contribution in [2.45, 2.75) is 282 Å². The molecular weight excluding hydrogens is 1860 g/mol. The lowest BCUT2D eigenvalue weighted by atomic mass is 10.0. The molecule has 4 aliphatic carbocycles. The molecule has 5 aromatic carbocycles. The smallest absolute Gasteiger partial charge is 0.254 e. The number of aromatic nitrogens is 15.